The molecule has 16 heavy (non-hydrogen) atoms. The Bertz CT molecular complexity index is 490. The number of rotatable bonds is 2. The van der Waals surface area contributed by atoms with E-state index in [9.17, 15) is 5.11 Å². The molecule has 0 bridgehead atoms. The molecule has 0 aliphatic carbocycles. The van der Waals surface area contributed by atoms with E-state index in [1.165, 1.54) is 0 Å². The van der Waals surface area contributed by atoms with E-state index in [1.807, 2.05) is 25.2 Å². The predicted octanol–water partition coefficient (Wildman–Crippen LogP) is 3.03. The highest BCUT2D eigenvalue weighted by Crippen LogP contribution is 2.27. The largest absolute Gasteiger partial charge is 0.382 e. The van der Waals surface area contributed by atoms with Crippen molar-refractivity contribution < 1.29 is 5.11 Å². The fourth-order valence-electron chi connectivity index (χ4n) is 1.56. The summed E-state index contributed by atoms with van der Waals surface area (Å²) in [6, 6.07) is 7.52. The van der Waals surface area contributed by atoms with Crippen LogP contribution < -0.4 is 0 Å². The zero-order valence-corrected chi connectivity index (χ0v) is 11.7. The highest BCUT2D eigenvalue weighted by molar-refractivity contribution is 9.11. The molecular weight excluding hydrogens is 336 g/mol. The van der Waals surface area contributed by atoms with Gasteiger partial charge in [-0.25, -0.2) is 0 Å². The minimum atomic E-state index is -0.665. The van der Waals surface area contributed by atoms with Gasteiger partial charge >= 0.3 is 0 Å². The van der Waals surface area contributed by atoms with E-state index in [4.69, 9.17) is 0 Å². The third-order valence-electron chi connectivity index (χ3n) is 2.34. The maximum atomic E-state index is 10.2. The van der Waals surface area contributed by atoms with E-state index in [-0.39, 0.29) is 0 Å². The molecule has 1 N–H and O–H groups in total. The molecule has 2 aromatic rings. The van der Waals surface area contributed by atoms with Gasteiger partial charge in [0.05, 0.1) is 5.69 Å². The molecule has 5 heteroatoms. The van der Waals surface area contributed by atoms with Crippen molar-refractivity contribution in [3.05, 3.63) is 50.7 Å². The van der Waals surface area contributed by atoms with Gasteiger partial charge in [0.1, 0.15) is 6.10 Å². The van der Waals surface area contributed by atoms with Crippen LogP contribution in [0.15, 0.2) is 39.4 Å². The molecule has 0 aliphatic heterocycles. The first-order chi connectivity index (χ1) is 7.58. The molecule has 0 amide bonds. The van der Waals surface area contributed by atoms with Gasteiger partial charge in [-0.1, -0.05) is 31.9 Å². The molecule has 3 nitrogen and oxygen atoms in total. The number of aliphatic hydroxyl groups is 1. The average Bonchev–Trinajstić information content (AvgIpc) is 2.62. The van der Waals surface area contributed by atoms with Crippen LogP contribution in [0.1, 0.15) is 17.4 Å². The lowest BCUT2D eigenvalue weighted by Crippen LogP contribution is -2.06. The van der Waals surface area contributed by atoms with Crippen LogP contribution in [0.5, 0.6) is 0 Å². The molecule has 0 spiro atoms. The number of benzene rings is 1. The fraction of sp³-hybridized carbons (Fsp3) is 0.182. The zero-order valence-electron chi connectivity index (χ0n) is 8.56. The van der Waals surface area contributed by atoms with Gasteiger partial charge in [0.25, 0.3) is 0 Å². The molecule has 1 aromatic heterocycles. The summed E-state index contributed by atoms with van der Waals surface area (Å²) in [6.07, 6.45) is 1.01. The monoisotopic (exact) mass is 344 g/mol. The third-order valence-corrected chi connectivity index (χ3v) is 3.26. The van der Waals surface area contributed by atoms with Crippen LogP contribution in [0.2, 0.25) is 0 Å². The topological polar surface area (TPSA) is 38.0 Å². The average molecular weight is 346 g/mol. The van der Waals surface area contributed by atoms with Crippen molar-refractivity contribution in [2.24, 2.45) is 7.05 Å². The van der Waals surface area contributed by atoms with Crippen molar-refractivity contribution in [1.82, 2.24) is 9.78 Å². The number of aliphatic hydroxyl groups excluding tert-OH is 1. The Labute approximate surface area is 110 Å². The molecule has 1 unspecified atom stereocenters. The van der Waals surface area contributed by atoms with Crippen LogP contribution in [0.3, 0.4) is 0 Å². The molecule has 1 heterocycles. The van der Waals surface area contributed by atoms with E-state index >= 15 is 0 Å². The number of aryl methyl sites for hydroxylation is 1. The number of hydrogen-bond acceptors (Lipinski definition) is 2. The Kier molecular flexibility index (Phi) is 3.47. The molecule has 1 atom stereocenters. The Morgan fingerprint density at radius 1 is 1.25 bits per heavy atom. The molecule has 0 saturated heterocycles. The minimum absolute atomic E-state index is 0.665. The molecule has 0 radical (unpaired) electrons. The zero-order chi connectivity index (χ0) is 11.7. The van der Waals surface area contributed by atoms with E-state index in [0.29, 0.717) is 0 Å². The van der Waals surface area contributed by atoms with E-state index < -0.39 is 6.10 Å². The van der Waals surface area contributed by atoms with E-state index in [1.54, 1.807) is 16.9 Å². The summed E-state index contributed by atoms with van der Waals surface area (Å²) in [7, 11) is 1.81. The molecule has 0 aliphatic rings. The Balaban J connectivity index is 2.41. The van der Waals surface area contributed by atoms with Crippen molar-refractivity contribution in [2.45, 2.75) is 6.10 Å². The summed E-state index contributed by atoms with van der Waals surface area (Å²) < 4.78 is 3.52. The summed E-state index contributed by atoms with van der Waals surface area (Å²) in [4.78, 5) is 0. The van der Waals surface area contributed by atoms with Gasteiger partial charge < -0.3 is 5.11 Å². The van der Waals surface area contributed by atoms with Crippen molar-refractivity contribution in [2.75, 3.05) is 0 Å². The maximum Gasteiger partial charge on any atom is 0.121 e. The Hall–Kier alpha value is -0.650. The van der Waals surface area contributed by atoms with Crippen molar-refractivity contribution in [3.8, 4) is 0 Å². The van der Waals surface area contributed by atoms with Gasteiger partial charge in [-0.3, -0.25) is 4.68 Å². The summed E-state index contributed by atoms with van der Waals surface area (Å²) in [5.41, 5.74) is 1.59. The molecular formula is C11H10Br2N2O. The number of nitrogens with zero attached hydrogens (tertiary/aromatic N) is 2. The molecule has 0 fully saturated rings. The minimum Gasteiger partial charge on any atom is -0.382 e. The Morgan fingerprint density at radius 3 is 2.38 bits per heavy atom. The number of aromatic nitrogens is 2. The lowest BCUT2D eigenvalue weighted by Gasteiger charge is -2.12. The van der Waals surface area contributed by atoms with Crippen LogP contribution in [0.4, 0.5) is 0 Å². The van der Waals surface area contributed by atoms with Crippen molar-refractivity contribution >= 4 is 31.9 Å². The first-order valence-electron chi connectivity index (χ1n) is 4.70. The van der Waals surface area contributed by atoms with Gasteiger partial charge in [0.15, 0.2) is 0 Å². The highest BCUT2D eigenvalue weighted by atomic mass is 79.9. The summed E-state index contributed by atoms with van der Waals surface area (Å²) in [5, 5.41) is 14.2. The number of hydrogen-bond donors (Lipinski definition) is 1. The second-order valence-corrected chi connectivity index (χ2v) is 5.32. The van der Waals surface area contributed by atoms with Crippen LogP contribution in [0.25, 0.3) is 0 Å². The van der Waals surface area contributed by atoms with E-state index in [2.05, 4.69) is 37.0 Å². The summed E-state index contributed by atoms with van der Waals surface area (Å²) in [6.45, 7) is 0. The Morgan fingerprint density at radius 2 is 1.88 bits per heavy atom. The van der Waals surface area contributed by atoms with Crippen molar-refractivity contribution in [3.63, 3.8) is 0 Å². The van der Waals surface area contributed by atoms with Gasteiger partial charge in [0.2, 0.25) is 0 Å². The van der Waals surface area contributed by atoms with Crippen molar-refractivity contribution in [1.29, 1.82) is 0 Å². The molecule has 0 saturated carbocycles. The second-order valence-electron chi connectivity index (χ2n) is 3.48. The normalized spacial score (nSPS) is 12.8. The lowest BCUT2D eigenvalue weighted by atomic mass is 10.1. The lowest BCUT2D eigenvalue weighted by molar-refractivity contribution is 0.209. The number of halogens is 2. The molecule has 84 valence electrons. The summed E-state index contributed by atoms with van der Waals surface area (Å²) in [5.74, 6) is 0. The summed E-state index contributed by atoms with van der Waals surface area (Å²) >= 11 is 6.80. The van der Waals surface area contributed by atoms with Gasteiger partial charge in [-0.2, -0.15) is 5.10 Å². The fourth-order valence-corrected chi connectivity index (χ4v) is 2.89. The smallest absolute Gasteiger partial charge is 0.121 e. The quantitative estimate of drug-likeness (QED) is 0.908. The first-order valence-corrected chi connectivity index (χ1v) is 6.28. The first kappa shape index (κ1) is 11.8. The van der Waals surface area contributed by atoms with E-state index in [0.717, 1.165) is 20.2 Å². The SMILES string of the molecule is Cn1nccc1C(O)c1cc(Br)cc(Br)c1. The van der Waals surface area contributed by atoms with Gasteiger partial charge in [-0.05, 0) is 29.8 Å². The third kappa shape index (κ3) is 2.36. The van der Waals surface area contributed by atoms with Crippen LogP contribution in [0, 0.1) is 0 Å². The van der Waals surface area contributed by atoms with Gasteiger partial charge in [0, 0.05) is 22.2 Å². The highest BCUT2D eigenvalue weighted by Gasteiger charge is 2.14. The van der Waals surface area contributed by atoms with Crippen LogP contribution in [-0.2, 0) is 7.05 Å². The predicted molar refractivity (Wildman–Crippen MR) is 69.1 cm³/mol. The van der Waals surface area contributed by atoms with Crippen LogP contribution >= 0.6 is 31.9 Å². The van der Waals surface area contributed by atoms with Gasteiger partial charge in [-0.15, -0.1) is 0 Å². The maximum absolute atomic E-state index is 10.2. The molecule has 1 aromatic carbocycles. The standard InChI is InChI=1S/C11H10Br2N2O/c1-15-10(2-3-14-15)11(16)7-4-8(12)6-9(13)5-7/h2-6,11,16H,1H3. The molecule has 2 rings (SSSR count). The second kappa shape index (κ2) is 4.69. The van der Waals surface area contributed by atoms with Crippen LogP contribution in [-0.4, -0.2) is 14.9 Å².